The molecule has 2 aromatic heterocycles. The Labute approximate surface area is 78.8 Å². The molecule has 2 aromatic rings. The van der Waals surface area contributed by atoms with Gasteiger partial charge >= 0.3 is 0 Å². The van der Waals surface area contributed by atoms with Gasteiger partial charge in [0.05, 0.1) is 0 Å². The third-order valence-electron chi connectivity index (χ3n) is 1.73. The second kappa shape index (κ2) is 2.95. The van der Waals surface area contributed by atoms with Crippen molar-refractivity contribution in [1.29, 1.82) is 0 Å². The summed E-state index contributed by atoms with van der Waals surface area (Å²) in [5.74, 6) is 0.289. The third kappa shape index (κ3) is 1.24. The van der Waals surface area contributed by atoms with Gasteiger partial charge in [-0.3, -0.25) is 4.79 Å². The molecule has 2 rings (SSSR count). The molecule has 0 fully saturated rings. The Bertz CT molecular complexity index is 513. The van der Waals surface area contributed by atoms with Gasteiger partial charge in [-0.2, -0.15) is 4.68 Å². The zero-order valence-electron chi connectivity index (χ0n) is 7.45. The topological polar surface area (TPSA) is 91.6 Å². The molecule has 0 atom stereocenters. The number of hydrogen-bond acceptors (Lipinski definition) is 5. The van der Waals surface area contributed by atoms with E-state index in [0.717, 1.165) is 0 Å². The fraction of sp³-hybridized carbons (Fsp3) is 0.143. The lowest BCUT2D eigenvalue weighted by atomic mass is 10.6. The van der Waals surface area contributed by atoms with Crippen LogP contribution in [0.5, 0.6) is 0 Å². The average Bonchev–Trinajstić information content (AvgIpc) is 2.57. The molecule has 14 heavy (non-hydrogen) atoms. The average molecular weight is 192 g/mol. The molecule has 7 heteroatoms. The Morgan fingerprint density at radius 2 is 2.21 bits per heavy atom. The first kappa shape index (κ1) is 8.42. The van der Waals surface area contributed by atoms with Crippen molar-refractivity contribution in [1.82, 2.24) is 24.3 Å². The van der Waals surface area contributed by atoms with Crippen LogP contribution < -0.4 is 11.3 Å². The normalized spacial score (nSPS) is 10.4. The minimum absolute atomic E-state index is 0.109. The summed E-state index contributed by atoms with van der Waals surface area (Å²) >= 11 is 0. The number of rotatable bonds is 1. The van der Waals surface area contributed by atoms with Gasteiger partial charge in [-0.25, -0.2) is 9.97 Å². The maximum atomic E-state index is 11.5. The van der Waals surface area contributed by atoms with Crippen LogP contribution in [0.2, 0.25) is 0 Å². The first-order valence-corrected chi connectivity index (χ1v) is 3.87. The minimum Gasteiger partial charge on any atom is -0.366 e. The fourth-order valence-corrected chi connectivity index (χ4v) is 1.02. The maximum Gasteiger partial charge on any atom is 0.295 e. The summed E-state index contributed by atoms with van der Waals surface area (Å²) in [5, 5.41) is 3.79. The van der Waals surface area contributed by atoms with Crippen molar-refractivity contribution in [3.8, 4) is 5.82 Å². The molecule has 0 aromatic carbocycles. The Morgan fingerprint density at radius 1 is 1.43 bits per heavy atom. The van der Waals surface area contributed by atoms with Crippen LogP contribution in [0.15, 0.2) is 23.5 Å². The van der Waals surface area contributed by atoms with Gasteiger partial charge in [-0.15, -0.1) is 5.10 Å². The predicted molar refractivity (Wildman–Crippen MR) is 48.8 cm³/mol. The molecule has 0 bridgehead atoms. The number of hydrogen-bond donors (Lipinski definition) is 1. The largest absolute Gasteiger partial charge is 0.366 e. The molecule has 0 aliphatic heterocycles. The van der Waals surface area contributed by atoms with E-state index in [1.807, 2.05) is 0 Å². The standard InChI is InChI=1S/C7H8N6O/c1-12-3-2-9-5(6(12)14)13-4-10-7(8)11-13/h2-4H,1H3,(H2,8,11). The number of aromatic nitrogens is 5. The first-order valence-electron chi connectivity index (χ1n) is 3.87. The Morgan fingerprint density at radius 3 is 2.86 bits per heavy atom. The maximum absolute atomic E-state index is 11.5. The van der Waals surface area contributed by atoms with E-state index >= 15 is 0 Å². The lowest BCUT2D eigenvalue weighted by molar-refractivity contribution is 0.767. The van der Waals surface area contributed by atoms with Crippen LogP contribution in [0.4, 0.5) is 5.95 Å². The molecule has 0 unspecified atom stereocenters. The second-order valence-electron chi connectivity index (χ2n) is 2.71. The molecular weight excluding hydrogens is 184 g/mol. The molecule has 0 aliphatic carbocycles. The summed E-state index contributed by atoms with van der Waals surface area (Å²) in [6.45, 7) is 0. The molecule has 0 spiro atoms. The molecule has 72 valence electrons. The van der Waals surface area contributed by atoms with Crippen LogP contribution in [0.3, 0.4) is 0 Å². The number of nitrogen functional groups attached to an aromatic ring is 1. The Kier molecular flexibility index (Phi) is 1.77. The zero-order chi connectivity index (χ0) is 10.1. The van der Waals surface area contributed by atoms with Gasteiger partial charge in [0.1, 0.15) is 6.33 Å². The summed E-state index contributed by atoms with van der Waals surface area (Å²) in [6, 6.07) is 0. The van der Waals surface area contributed by atoms with Crippen molar-refractivity contribution in [3.05, 3.63) is 29.1 Å². The quantitative estimate of drug-likeness (QED) is 0.622. The highest BCUT2D eigenvalue weighted by Gasteiger charge is 2.06. The van der Waals surface area contributed by atoms with Crippen LogP contribution in [0.25, 0.3) is 5.82 Å². The van der Waals surface area contributed by atoms with Gasteiger partial charge < -0.3 is 10.3 Å². The Hall–Kier alpha value is -2.18. The van der Waals surface area contributed by atoms with Gasteiger partial charge in [0.15, 0.2) is 0 Å². The van der Waals surface area contributed by atoms with Gasteiger partial charge in [0.25, 0.3) is 5.56 Å². The van der Waals surface area contributed by atoms with Crippen LogP contribution in [-0.2, 0) is 7.05 Å². The van der Waals surface area contributed by atoms with Gasteiger partial charge in [-0.1, -0.05) is 0 Å². The summed E-state index contributed by atoms with van der Waals surface area (Å²) in [4.78, 5) is 19.1. The number of anilines is 1. The molecule has 0 saturated heterocycles. The smallest absolute Gasteiger partial charge is 0.295 e. The van der Waals surface area contributed by atoms with E-state index in [1.54, 1.807) is 13.2 Å². The summed E-state index contributed by atoms with van der Waals surface area (Å²) in [7, 11) is 1.63. The number of nitrogens with two attached hydrogens (primary N) is 1. The van der Waals surface area contributed by atoms with Crippen molar-refractivity contribution >= 4 is 5.95 Å². The van der Waals surface area contributed by atoms with E-state index in [9.17, 15) is 4.79 Å². The van der Waals surface area contributed by atoms with E-state index < -0.39 is 0 Å². The van der Waals surface area contributed by atoms with Crippen molar-refractivity contribution < 1.29 is 0 Å². The van der Waals surface area contributed by atoms with Gasteiger partial charge in [0, 0.05) is 19.4 Å². The molecule has 0 amide bonds. The molecule has 0 aliphatic rings. The van der Waals surface area contributed by atoms with Gasteiger partial charge in [-0.05, 0) is 0 Å². The highest BCUT2D eigenvalue weighted by molar-refractivity contribution is 5.19. The lowest BCUT2D eigenvalue weighted by Crippen LogP contribution is -2.23. The van der Waals surface area contributed by atoms with Crippen molar-refractivity contribution in [2.24, 2.45) is 7.05 Å². The van der Waals surface area contributed by atoms with Crippen LogP contribution >= 0.6 is 0 Å². The van der Waals surface area contributed by atoms with E-state index in [0.29, 0.717) is 0 Å². The molecular formula is C7H8N6O. The third-order valence-corrected chi connectivity index (χ3v) is 1.73. The van der Waals surface area contributed by atoms with E-state index in [1.165, 1.54) is 21.8 Å². The van der Waals surface area contributed by atoms with E-state index in [2.05, 4.69) is 15.1 Å². The second-order valence-corrected chi connectivity index (χ2v) is 2.71. The lowest BCUT2D eigenvalue weighted by Gasteiger charge is -1.99. The summed E-state index contributed by atoms with van der Waals surface area (Å²) in [5.41, 5.74) is 5.07. The zero-order valence-corrected chi connectivity index (χ0v) is 7.45. The van der Waals surface area contributed by atoms with Crippen molar-refractivity contribution in [2.75, 3.05) is 5.73 Å². The van der Waals surface area contributed by atoms with Crippen molar-refractivity contribution in [3.63, 3.8) is 0 Å². The van der Waals surface area contributed by atoms with E-state index in [4.69, 9.17) is 5.73 Å². The monoisotopic (exact) mass is 192 g/mol. The van der Waals surface area contributed by atoms with Crippen LogP contribution in [0.1, 0.15) is 0 Å². The molecule has 7 nitrogen and oxygen atoms in total. The van der Waals surface area contributed by atoms with Crippen LogP contribution in [0, 0.1) is 0 Å². The first-order chi connectivity index (χ1) is 6.68. The van der Waals surface area contributed by atoms with Crippen LogP contribution in [-0.4, -0.2) is 24.3 Å². The van der Waals surface area contributed by atoms with E-state index in [-0.39, 0.29) is 17.3 Å². The SMILES string of the molecule is Cn1ccnc(-n2cnc(N)n2)c1=O. The fourth-order valence-electron chi connectivity index (χ4n) is 1.02. The molecule has 0 saturated carbocycles. The number of aryl methyl sites for hydroxylation is 1. The molecule has 2 N–H and O–H groups in total. The summed E-state index contributed by atoms with van der Waals surface area (Å²) < 4.78 is 2.65. The highest BCUT2D eigenvalue weighted by atomic mass is 16.1. The summed E-state index contributed by atoms with van der Waals surface area (Å²) in [6.07, 6.45) is 4.42. The van der Waals surface area contributed by atoms with Gasteiger partial charge in [0.2, 0.25) is 11.8 Å². The predicted octanol–water partition coefficient (Wildman–Crippen LogP) is -1.06. The number of nitrogens with zero attached hydrogens (tertiary/aromatic N) is 5. The Balaban J connectivity index is 2.63. The highest BCUT2D eigenvalue weighted by Crippen LogP contribution is 1.95. The molecule has 2 heterocycles. The minimum atomic E-state index is -0.252. The van der Waals surface area contributed by atoms with Crippen molar-refractivity contribution in [2.45, 2.75) is 0 Å². The molecule has 0 radical (unpaired) electrons.